The highest BCUT2D eigenvalue weighted by Crippen LogP contribution is 2.34. The van der Waals surface area contributed by atoms with E-state index in [0.29, 0.717) is 49.8 Å². The summed E-state index contributed by atoms with van der Waals surface area (Å²) in [6.45, 7) is 2.26. The van der Waals surface area contributed by atoms with Crippen molar-refractivity contribution in [3.05, 3.63) is 61.2 Å². The Labute approximate surface area is 183 Å². The highest BCUT2D eigenvalue weighted by atomic mass is 16.6. The molecule has 0 atom stereocenters. The fourth-order valence-corrected chi connectivity index (χ4v) is 2.94. The number of nitro groups is 2. The van der Waals surface area contributed by atoms with E-state index in [4.69, 9.17) is 14.2 Å². The van der Waals surface area contributed by atoms with Crippen molar-refractivity contribution in [2.24, 2.45) is 0 Å². The predicted octanol–water partition coefficient (Wildman–Crippen LogP) is 4.07. The van der Waals surface area contributed by atoms with E-state index in [0.717, 1.165) is 6.07 Å². The summed E-state index contributed by atoms with van der Waals surface area (Å²) >= 11 is 0. The summed E-state index contributed by atoms with van der Waals surface area (Å²) in [5.74, 6) is 0.724. The first-order chi connectivity index (χ1) is 15.3. The van der Waals surface area contributed by atoms with E-state index in [1.54, 1.807) is 6.92 Å². The molecule has 0 amide bonds. The van der Waals surface area contributed by atoms with Crippen LogP contribution in [0, 0.1) is 27.2 Å². The minimum absolute atomic E-state index is 0.00571. The first-order valence-electron chi connectivity index (χ1n) is 9.63. The number of aldehydes is 2. The molecule has 0 spiro atoms. The van der Waals surface area contributed by atoms with Crippen LogP contribution in [-0.4, -0.2) is 42.7 Å². The smallest absolute Gasteiger partial charge is 0.283 e. The number of benzene rings is 2. The Kier molecular flexibility index (Phi) is 8.63. The Hall–Kier alpha value is -4.02. The summed E-state index contributed by atoms with van der Waals surface area (Å²) in [6.07, 6.45) is 2.76. The quantitative estimate of drug-likeness (QED) is 0.192. The zero-order chi connectivity index (χ0) is 23.7. The number of nitrogens with zero attached hydrogens (tertiary/aromatic N) is 2. The highest BCUT2D eigenvalue weighted by molar-refractivity contribution is 5.83. The largest absolute Gasteiger partial charge is 0.493 e. The normalized spacial score (nSPS) is 10.3. The lowest BCUT2D eigenvalue weighted by molar-refractivity contribution is -0.385. The van der Waals surface area contributed by atoms with Gasteiger partial charge in [0.2, 0.25) is 0 Å². The molecular formula is C21H22N2O9. The van der Waals surface area contributed by atoms with Gasteiger partial charge in [0.05, 0.1) is 53.4 Å². The molecule has 0 N–H and O–H groups in total. The summed E-state index contributed by atoms with van der Waals surface area (Å²) < 4.78 is 16.3. The third kappa shape index (κ3) is 6.00. The third-order valence-corrected chi connectivity index (χ3v) is 4.59. The number of aryl methyl sites for hydroxylation is 1. The predicted molar refractivity (Wildman–Crippen MR) is 113 cm³/mol. The van der Waals surface area contributed by atoms with Gasteiger partial charge in [-0.1, -0.05) is 0 Å². The second kappa shape index (κ2) is 11.4. The van der Waals surface area contributed by atoms with Crippen LogP contribution in [0.3, 0.4) is 0 Å². The molecule has 2 rings (SSSR count). The molecule has 0 aromatic heterocycles. The molecule has 0 heterocycles. The van der Waals surface area contributed by atoms with Crippen molar-refractivity contribution in [2.75, 3.05) is 20.3 Å². The van der Waals surface area contributed by atoms with E-state index < -0.39 is 9.85 Å². The number of nitro benzene ring substituents is 2. The van der Waals surface area contributed by atoms with Crippen LogP contribution in [0.25, 0.3) is 0 Å². The van der Waals surface area contributed by atoms with E-state index in [-0.39, 0.29) is 40.6 Å². The molecule has 11 nitrogen and oxygen atoms in total. The zero-order valence-electron chi connectivity index (χ0n) is 17.6. The van der Waals surface area contributed by atoms with Crippen LogP contribution in [0.15, 0.2) is 24.3 Å². The molecule has 0 bridgehead atoms. The summed E-state index contributed by atoms with van der Waals surface area (Å²) in [4.78, 5) is 42.9. The molecule has 170 valence electrons. The van der Waals surface area contributed by atoms with E-state index in [1.165, 1.54) is 25.3 Å². The standard InChI is InChI=1S/C21H22N2O9/c1-14-8-15(12-24)17(22(26)27)10-19(14)31-6-4-3-5-7-32-21-11-18(23(28)29)16(13-25)9-20(21)30-2/h8-13H,3-7H2,1-2H3. The SMILES string of the molecule is COc1cc(C=O)c([N+](=O)[O-])cc1OCCCCCOc1cc([N+](=O)[O-])c(C=O)cc1C. The summed E-state index contributed by atoms with van der Waals surface area (Å²) in [7, 11) is 1.37. The molecule has 0 fully saturated rings. The first-order valence-corrected chi connectivity index (χ1v) is 9.63. The average molecular weight is 446 g/mol. The van der Waals surface area contributed by atoms with Crippen LogP contribution in [-0.2, 0) is 0 Å². The monoisotopic (exact) mass is 446 g/mol. The minimum atomic E-state index is -0.665. The number of carbonyl (C=O) groups excluding carboxylic acids is 2. The minimum Gasteiger partial charge on any atom is -0.493 e. The van der Waals surface area contributed by atoms with Gasteiger partial charge in [-0.2, -0.15) is 0 Å². The molecule has 0 aliphatic carbocycles. The Morgan fingerprint density at radius 3 is 1.78 bits per heavy atom. The van der Waals surface area contributed by atoms with Gasteiger partial charge in [0, 0.05) is 6.07 Å². The van der Waals surface area contributed by atoms with E-state index >= 15 is 0 Å². The number of hydrogen-bond donors (Lipinski definition) is 0. The van der Waals surface area contributed by atoms with Crippen molar-refractivity contribution in [3.63, 3.8) is 0 Å². The number of rotatable bonds is 13. The maximum atomic E-state index is 11.1. The molecule has 0 radical (unpaired) electrons. The zero-order valence-corrected chi connectivity index (χ0v) is 17.6. The summed E-state index contributed by atoms with van der Waals surface area (Å²) in [5, 5.41) is 22.2. The molecule has 2 aromatic rings. The number of ether oxygens (including phenoxy) is 3. The van der Waals surface area contributed by atoms with Crippen molar-refractivity contribution >= 4 is 23.9 Å². The maximum absolute atomic E-state index is 11.1. The van der Waals surface area contributed by atoms with Crippen LogP contribution < -0.4 is 14.2 Å². The van der Waals surface area contributed by atoms with E-state index in [1.807, 2.05) is 0 Å². The van der Waals surface area contributed by atoms with Crippen LogP contribution in [0.2, 0.25) is 0 Å². The fourth-order valence-electron chi connectivity index (χ4n) is 2.94. The highest BCUT2D eigenvalue weighted by Gasteiger charge is 2.19. The lowest BCUT2D eigenvalue weighted by atomic mass is 10.1. The molecular weight excluding hydrogens is 424 g/mol. The van der Waals surface area contributed by atoms with Crippen LogP contribution >= 0.6 is 0 Å². The molecule has 32 heavy (non-hydrogen) atoms. The molecule has 11 heteroatoms. The van der Waals surface area contributed by atoms with E-state index in [9.17, 15) is 29.8 Å². The second-order valence-electron chi connectivity index (χ2n) is 6.75. The van der Waals surface area contributed by atoms with Crippen LogP contribution in [0.5, 0.6) is 17.2 Å². The van der Waals surface area contributed by atoms with Crippen molar-refractivity contribution < 1.29 is 33.6 Å². The van der Waals surface area contributed by atoms with Gasteiger partial charge >= 0.3 is 0 Å². The maximum Gasteiger partial charge on any atom is 0.283 e. The lowest BCUT2D eigenvalue weighted by Crippen LogP contribution is -2.04. The van der Waals surface area contributed by atoms with Crippen LogP contribution in [0.1, 0.15) is 45.5 Å². The number of methoxy groups -OCH3 is 1. The number of unbranched alkanes of at least 4 members (excludes halogenated alkanes) is 2. The van der Waals surface area contributed by atoms with Crippen molar-refractivity contribution in [3.8, 4) is 17.2 Å². The molecule has 0 aliphatic rings. The van der Waals surface area contributed by atoms with Crippen molar-refractivity contribution in [1.82, 2.24) is 0 Å². The van der Waals surface area contributed by atoms with E-state index in [2.05, 4.69) is 0 Å². The summed E-state index contributed by atoms with van der Waals surface area (Å²) in [5.41, 5.74) is -0.165. The Morgan fingerprint density at radius 2 is 1.28 bits per heavy atom. The van der Waals surface area contributed by atoms with Gasteiger partial charge in [-0.15, -0.1) is 0 Å². The van der Waals surface area contributed by atoms with Gasteiger partial charge in [0.15, 0.2) is 24.1 Å². The molecule has 0 saturated carbocycles. The topological polar surface area (TPSA) is 148 Å². The molecule has 2 aromatic carbocycles. The van der Waals surface area contributed by atoms with Crippen molar-refractivity contribution in [1.29, 1.82) is 0 Å². The Bertz CT molecular complexity index is 1020. The van der Waals surface area contributed by atoms with Crippen molar-refractivity contribution in [2.45, 2.75) is 26.2 Å². The number of hydrogen-bond acceptors (Lipinski definition) is 9. The van der Waals surface area contributed by atoms with Gasteiger partial charge < -0.3 is 14.2 Å². The van der Waals surface area contributed by atoms with Gasteiger partial charge in [-0.25, -0.2) is 0 Å². The molecule has 0 unspecified atom stereocenters. The van der Waals surface area contributed by atoms with Crippen LogP contribution in [0.4, 0.5) is 11.4 Å². The van der Waals surface area contributed by atoms with Gasteiger partial charge in [0.25, 0.3) is 11.4 Å². The molecule has 0 aliphatic heterocycles. The average Bonchev–Trinajstić information content (AvgIpc) is 2.78. The third-order valence-electron chi connectivity index (χ3n) is 4.59. The summed E-state index contributed by atoms with van der Waals surface area (Å²) in [6, 6.07) is 5.07. The van der Waals surface area contributed by atoms with Gasteiger partial charge in [-0.05, 0) is 37.8 Å². The van der Waals surface area contributed by atoms with Gasteiger partial charge in [-0.3, -0.25) is 29.8 Å². The first kappa shape index (κ1) is 24.3. The Morgan fingerprint density at radius 1 is 0.781 bits per heavy atom. The fraction of sp³-hybridized carbons (Fsp3) is 0.333. The van der Waals surface area contributed by atoms with Gasteiger partial charge in [0.1, 0.15) is 5.75 Å². The molecule has 0 saturated heterocycles. The second-order valence-corrected chi connectivity index (χ2v) is 6.75. The number of carbonyl (C=O) groups is 2. The Balaban J connectivity index is 1.86. The lowest BCUT2D eigenvalue weighted by Gasteiger charge is -2.12.